The van der Waals surface area contributed by atoms with E-state index in [4.69, 9.17) is 0 Å². The number of halogens is 2. The summed E-state index contributed by atoms with van der Waals surface area (Å²) < 4.78 is 27.0. The van der Waals surface area contributed by atoms with E-state index in [0.29, 0.717) is 18.4 Å². The summed E-state index contributed by atoms with van der Waals surface area (Å²) in [6.07, 6.45) is 7.70. The number of hydrogen-bond donors (Lipinski definition) is 0. The molecule has 2 aliphatic rings. The molecule has 0 N–H and O–H groups in total. The number of nitrogens with zero attached hydrogens (tertiary/aromatic N) is 1. The number of likely N-dealkylation sites (tertiary alicyclic amines) is 1. The van der Waals surface area contributed by atoms with E-state index in [2.05, 4.69) is 25.7 Å². The zero-order valence-corrected chi connectivity index (χ0v) is 13.4. The molecule has 0 aromatic rings. The predicted molar refractivity (Wildman–Crippen MR) is 80.4 cm³/mol. The third-order valence-corrected chi connectivity index (χ3v) is 5.78. The van der Waals surface area contributed by atoms with E-state index < -0.39 is 12.3 Å². The molecular weight excluding hydrogens is 256 g/mol. The molecule has 0 bridgehead atoms. The molecule has 0 aromatic carbocycles. The molecule has 1 saturated carbocycles. The zero-order valence-electron chi connectivity index (χ0n) is 13.4. The summed E-state index contributed by atoms with van der Waals surface area (Å²) in [6, 6.07) is 0.244. The van der Waals surface area contributed by atoms with Crippen molar-refractivity contribution in [2.45, 2.75) is 77.4 Å². The van der Waals surface area contributed by atoms with Crippen molar-refractivity contribution in [3.05, 3.63) is 0 Å². The first-order valence-corrected chi connectivity index (χ1v) is 8.45. The molecular formula is C17H31F2N. The minimum absolute atomic E-state index is 0.244. The highest BCUT2D eigenvalue weighted by Gasteiger charge is 2.44. The summed E-state index contributed by atoms with van der Waals surface area (Å²) in [5.74, 6) is 0.884. The summed E-state index contributed by atoms with van der Waals surface area (Å²) >= 11 is 0. The molecule has 2 rings (SSSR count). The van der Waals surface area contributed by atoms with Crippen LogP contribution in [-0.4, -0.2) is 36.4 Å². The molecule has 0 radical (unpaired) electrons. The molecule has 1 heterocycles. The molecule has 1 aliphatic heterocycles. The topological polar surface area (TPSA) is 3.24 Å². The van der Waals surface area contributed by atoms with Gasteiger partial charge in [-0.25, -0.2) is 8.78 Å². The van der Waals surface area contributed by atoms with Crippen LogP contribution in [0.15, 0.2) is 0 Å². The fraction of sp³-hybridized carbons (Fsp3) is 1.00. The van der Waals surface area contributed by atoms with E-state index in [0.717, 1.165) is 25.3 Å². The van der Waals surface area contributed by atoms with Gasteiger partial charge in [-0.1, -0.05) is 27.2 Å². The van der Waals surface area contributed by atoms with Crippen molar-refractivity contribution in [1.29, 1.82) is 0 Å². The van der Waals surface area contributed by atoms with Crippen molar-refractivity contribution < 1.29 is 8.78 Å². The van der Waals surface area contributed by atoms with Crippen molar-refractivity contribution in [2.24, 2.45) is 11.3 Å². The first kappa shape index (κ1) is 16.2. The molecule has 1 nitrogen and oxygen atoms in total. The first-order chi connectivity index (χ1) is 9.46. The zero-order chi connectivity index (χ0) is 14.8. The van der Waals surface area contributed by atoms with Gasteiger partial charge in [0.1, 0.15) is 6.67 Å². The van der Waals surface area contributed by atoms with Crippen LogP contribution in [0, 0.1) is 11.3 Å². The van der Waals surface area contributed by atoms with Gasteiger partial charge < -0.3 is 0 Å². The van der Waals surface area contributed by atoms with Crippen LogP contribution in [-0.2, 0) is 0 Å². The average Bonchev–Trinajstić information content (AvgIpc) is 2.73. The highest BCUT2D eigenvalue weighted by atomic mass is 19.2. The molecule has 2 fully saturated rings. The lowest BCUT2D eigenvalue weighted by molar-refractivity contribution is 0.0441. The molecule has 118 valence electrons. The predicted octanol–water partition coefficient (Wildman–Crippen LogP) is 4.76. The summed E-state index contributed by atoms with van der Waals surface area (Å²) in [4.78, 5) is 2.20. The van der Waals surface area contributed by atoms with Crippen LogP contribution < -0.4 is 0 Å². The minimum Gasteiger partial charge on any atom is -0.297 e. The molecule has 1 aliphatic carbocycles. The van der Waals surface area contributed by atoms with Gasteiger partial charge in [-0.05, 0) is 50.0 Å². The second kappa shape index (κ2) is 6.29. The van der Waals surface area contributed by atoms with E-state index in [1.807, 2.05) is 0 Å². The van der Waals surface area contributed by atoms with Crippen LogP contribution in [0.2, 0.25) is 0 Å². The van der Waals surface area contributed by atoms with Gasteiger partial charge in [0.25, 0.3) is 0 Å². The standard InChI is InChI=1S/C17H31F2N/c1-4-15-11-17(19,12-18)13-20(15)8-6-7-16(5-2)9-14(3)10-16/h14-15H,4-13H2,1-3H3. The summed E-state index contributed by atoms with van der Waals surface area (Å²) in [5, 5.41) is 0. The largest absolute Gasteiger partial charge is 0.297 e. The average molecular weight is 287 g/mol. The lowest BCUT2D eigenvalue weighted by atomic mass is 9.59. The lowest BCUT2D eigenvalue weighted by Crippen LogP contribution is -2.37. The van der Waals surface area contributed by atoms with Gasteiger partial charge >= 0.3 is 0 Å². The molecule has 2 atom stereocenters. The van der Waals surface area contributed by atoms with Crippen LogP contribution >= 0.6 is 0 Å². The fourth-order valence-electron chi connectivity index (χ4n) is 4.62. The van der Waals surface area contributed by atoms with Gasteiger partial charge in [-0.15, -0.1) is 0 Å². The molecule has 2 unspecified atom stereocenters. The van der Waals surface area contributed by atoms with Crippen LogP contribution in [0.1, 0.15) is 65.7 Å². The Balaban J connectivity index is 1.78. The third kappa shape index (κ3) is 3.35. The molecule has 3 heteroatoms. The van der Waals surface area contributed by atoms with Gasteiger partial charge in [0.15, 0.2) is 5.67 Å². The van der Waals surface area contributed by atoms with Crippen molar-refractivity contribution in [1.82, 2.24) is 4.90 Å². The van der Waals surface area contributed by atoms with Crippen LogP contribution in [0.25, 0.3) is 0 Å². The van der Waals surface area contributed by atoms with Gasteiger partial charge in [0.05, 0.1) is 0 Å². The highest BCUT2D eigenvalue weighted by molar-refractivity contribution is 4.97. The second-order valence-electron chi connectivity index (χ2n) is 7.49. The Hall–Kier alpha value is -0.180. The van der Waals surface area contributed by atoms with E-state index in [1.165, 1.54) is 25.7 Å². The van der Waals surface area contributed by atoms with Gasteiger partial charge in [0, 0.05) is 19.0 Å². The van der Waals surface area contributed by atoms with E-state index in [-0.39, 0.29) is 6.04 Å². The molecule has 0 aromatic heterocycles. The molecule has 20 heavy (non-hydrogen) atoms. The number of hydrogen-bond acceptors (Lipinski definition) is 1. The molecule has 1 saturated heterocycles. The van der Waals surface area contributed by atoms with E-state index in [9.17, 15) is 8.78 Å². The van der Waals surface area contributed by atoms with Crippen molar-refractivity contribution in [3.8, 4) is 0 Å². The number of rotatable bonds is 7. The first-order valence-electron chi connectivity index (χ1n) is 8.45. The molecule has 0 amide bonds. The van der Waals surface area contributed by atoms with Crippen molar-refractivity contribution in [3.63, 3.8) is 0 Å². The van der Waals surface area contributed by atoms with Gasteiger partial charge in [-0.2, -0.15) is 0 Å². The van der Waals surface area contributed by atoms with Gasteiger partial charge in [-0.3, -0.25) is 4.90 Å². The fourth-order valence-corrected chi connectivity index (χ4v) is 4.62. The van der Waals surface area contributed by atoms with Crippen LogP contribution in [0.5, 0.6) is 0 Å². The van der Waals surface area contributed by atoms with Crippen LogP contribution in [0.3, 0.4) is 0 Å². The van der Waals surface area contributed by atoms with Crippen LogP contribution in [0.4, 0.5) is 8.78 Å². The Morgan fingerprint density at radius 3 is 2.40 bits per heavy atom. The molecule has 0 spiro atoms. The maximum atomic E-state index is 14.2. The third-order valence-electron chi connectivity index (χ3n) is 5.78. The SMILES string of the molecule is CCC1CC(F)(CF)CN1CCCC1(CC)CC(C)C1. The Bertz CT molecular complexity index is 314. The summed E-state index contributed by atoms with van der Waals surface area (Å²) in [5.41, 5.74) is -1.01. The van der Waals surface area contributed by atoms with Crippen molar-refractivity contribution in [2.75, 3.05) is 19.8 Å². The monoisotopic (exact) mass is 287 g/mol. The smallest absolute Gasteiger partial charge is 0.153 e. The Kier molecular flexibility index (Phi) is 5.09. The summed E-state index contributed by atoms with van der Waals surface area (Å²) in [6.45, 7) is 7.14. The number of alkyl halides is 2. The van der Waals surface area contributed by atoms with E-state index >= 15 is 0 Å². The van der Waals surface area contributed by atoms with E-state index in [1.54, 1.807) is 0 Å². The Morgan fingerprint density at radius 1 is 1.20 bits per heavy atom. The normalized spacial score (nSPS) is 41.9. The highest BCUT2D eigenvalue weighted by Crippen LogP contribution is 2.51. The summed E-state index contributed by atoms with van der Waals surface area (Å²) in [7, 11) is 0. The minimum atomic E-state index is -1.58. The quantitative estimate of drug-likeness (QED) is 0.653. The maximum Gasteiger partial charge on any atom is 0.153 e. The Labute approximate surface area is 123 Å². The van der Waals surface area contributed by atoms with Gasteiger partial charge in [0.2, 0.25) is 0 Å². The van der Waals surface area contributed by atoms with Crippen molar-refractivity contribution >= 4 is 0 Å². The maximum absolute atomic E-state index is 14.2. The lowest BCUT2D eigenvalue weighted by Gasteiger charge is -2.47. The second-order valence-corrected chi connectivity index (χ2v) is 7.49. The Morgan fingerprint density at radius 2 is 1.90 bits per heavy atom.